The topological polar surface area (TPSA) is 20.3 Å². The lowest BCUT2D eigenvalue weighted by Crippen LogP contribution is -2.41. The molecule has 21 heavy (non-hydrogen) atoms. The molecular formula is C19H29NO. The largest absolute Gasteiger partial charge is 0.299 e. The molecule has 0 atom stereocenters. The Hall–Kier alpha value is -1.15. The third kappa shape index (κ3) is 4.67. The third-order valence-corrected chi connectivity index (χ3v) is 4.31. The smallest absolute Gasteiger partial charge is 0.169 e. The van der Waals surface area contributed by atoms with Gasteiger partial charge >= 0.3 is 0 Å². The van der Waals surface area contributed by atoms with Crippen LogP contribution < -0.4 is 0 Å². The number of hydrogen-bond acceptors (Lipinski definition) is 2. The first-order valence-electron chi connectivity index (χ1n) is 8.24. The minimum Gasteiger partial charge on any atom is -0.299 e. The van der Waals surface area contributed by atoms with Crippen molar-refractivity contribution in [2.45, 2.75) is 53.0 Å². The molecule has 0 saturated heterocycles. The van der Waals surface area contributed by atoms with Gasteiger partial charge in [-0.15, -0.1) is 0 Å². The Morgan fingerprint density at radius 3 is 2.38 bits per heavy atom. The summed E-state index contributed by atoms with van der Waals surface area (Å²) in [5, 5.41) is 0. The van der Waals surface area contributed by atoms with Crippen molar-refractivity contribution in [3.63, 3.8) is 0 Å². The number of benzene rings is 1. The molecule has 1 aromatic carbocycles. The summed E-state index contributed by atoms with van der Waals surface area (Å²) >= 11 is 0. The van der Waals surface area contributed by atoms with Gasteiger partial charge in [0, 0.05) is 23.6 Å². The Labute approximate surface area is 129 Å². The minimum absolute atomic E-state index is 0.262. The molecule has 0 bridgehead atoms. The molecule has 2 heteroatoms. The molecule has 0 amide bonds. The lowest BCUT2D eigenvalue weighted by molar-refractivity contribution is 0.0751. The van der Waals surface area contributed by atoms with Crippen molar-refractivity contribution in [1.29, 1.82) is 0 Å². The van der Waals surface area contributed by atoms with E-state index in [1.165, 1.54) is 19.3 Å². The number of Topliss-reactive ketones (excluding diaryl/α,β-unsaturated/α-hetero) is 1. The predicted molar refractivity (Wildman–Crippen MR) is 88.6 cm³/mol. The normalized spacial score (nSPS) is 15.7. The molecule has 0 unspecified atom stereocenters. The van der Waals surface area contributed by atoms with Crippen molar-refractivity contribution >= 4 is 5.78 Å². The van der Waals surface area contributed by atoms with Gasteiger partial charge in [-0.3, -0.25) is 9.69 Å². The zero-order valence-corrected chi connectivity index (χ0v) is 13.9. The number of ketones is 1. The summed E-state index contributed by atoms with van der Waals surface area (Å²) in [4.78, 5) is 15.3. The molecule has 1 aliphatic rings. The van der Waals surface area contributed by atoms with E-state index in [4.69, 9.17) is 0 Å². The van der Waals surface area contributed by atoms with Crippen LogP contribution in [0.1, 0.15) is 57.3 Å². The van der Waals surface area contributed by atoms with E-state index in [2.05, 4.69) is 32.6 Å². The van der Waals surface area contributed by atoms with E-state index in [9.17, 15) is 4.79 Å². The molecule has 116 valence electrons. The summed E-state index contributed by atoms with van der Waals surface area (Å²) in [6.45, 7) is 10.7. The molecule has 0 spiro atoms. The van der Waals surface area contributed by atoms with E-state index in [-0.39, 0.29) is 11.2 Å². The highest BCUT2D eigenvalue weighted by atomic mass is 16.1. The highest BCUT2D eigenvalue weighted by Crippen LogP contribution is 2.32. The van der Waals surface area contributed by atoms with Gasteiger partial charge in [0.2, 0.25) is 0 Å². The summed E-state index contributed by atoms with van der Waals surface area (Å²) in [7, 11) is 0. The molecule has 0 radical (unpaired) electrons. The summed E-state index contributed by atoms with van der Waals surface area (Å²) in [5.41, 5.74) is 0.517. The Balaban J connectivity index is 2.02. The van der Waals surface area contributed by atoms with Crippen LogP contribution in [0.25, 0.3) is 0 Å². The molecule has 0 aromatic heterocycles. The van der Waals surface area contributed by atoms with Crippen LogP contribution in [0.2, 0.25) is 0 Å². The van der Waals surface area contributed by atoms with Crippen molar-refractivity contribution in [3.8, 4) is 0 Å². The monoisotopic (exact) mass is 287 g/mol. The van der Waals surface area contributed by atoms with Gasteiger partial charge in [0.05, 0.1) is 0 Å². The second-order valence-electron chi connectivity index (χ2n) is 7.46. The summed E-state index contributed by atoms with van der Waals surface area (Å²) in [6, 6.07) is 10.4. The van der Waals surface area contributed by atoms with Crippen LogP contribution in [0, 0.1) is 11.3 Å². The van der Waals surface area contributed by atoms with Gasteiger partial charge < -0.3 is 0 Å². The summed E-state index contributed by atoms with van der Waals surface area (Å²) in [6.07, 6.45) is 3.81. The first-order valence-corrected chi connectivity index (χ1v) is 8.24. The van der Waals surface area contributed by atoms with Crippen molar-refractivity contribution in [1.82, 2.24) is 4.90 Å². The number of hydrogen-bond donors (Lipinski definition) is 0. The molecule has 1 aliphatic carbocycles. The van der Waals surface area contributed by atoms with Crippen LogP contribution >= 0.6 is 0 Å². The first kappa shape index (κ1) is 16.2. The highest BCUT2D eigenvalue weighted by molar-refractivity contribution is 6.00. The van der Waals surface area contributed by atoms with E-state index >= 15 is 0 Å². The average Bonchev–Trinajstić information content (AvgIpc) is 3.28. The fourth-order valence-corrected chi connectivity index (χ4v) is 2.81. The van der Waals surface area contributed by atoms with Gasteiger partial charge in [-0.2, -0.15) is 0 Å². The molecule has 1 saturated carbocycles. The Morgan fingerprint density at radius 1 is 1.24 bits per heavy atom. The fraction of sp³-hybridized carbons (Fsp3) is 0.632. The zero-order valence-electron chi connectivity index (χ0n) is 13.9. The van der Waals surface area contributed by atoms with Gasteiger partial charge in [0.25, 0.3) is 0 Å². The molecular weight excluding hydrogens is 258 g/mol. The van der Waals surface area contributed by atoms with Crippen molar-refractivity contribution in [3.05, 3.63) is 35.9 Å². The van der Waals surface area contributed by atoms with E-state index in [0.29, 0.717) is 6.04 Å². The maximum atomic E-state index is 12.8. The number of nitrogens with zero attached hydrogens (tertiary/aromatic N) is 1. The maximum absolute atomic E-state index is 12.8. The molecule has 0 aliphatic heterocycles. The quantitative estimate of drug-likeness (QED) is 0.660. The molecule has 2 rings (SSSR count). The van der Waals surface area contributed by atoms with Gasteiger partial charge in [-0.1, -0.05) is 58.0 Å². The summed E-state index contributed by atoms with van der Waals surface area (Å²) < 4.78 is 0. The Kier molecular flexibility index (Phi) is 5.21. The molecule has 1 aromatic rings. The standard InChI is InChI=1S/C19H29NO/c1-15(2)12-13-20(17-10-11-17)14-19(3,4)18(21)16-8-6-5-7-9-16/h5-9,15,17H,10-14H2,1-4H3. The molecule has 2 nitrogen and oxygen atoms in total. The van der Waals surface area contributed by atoms with Gasteiger partial charge in [0.15, 0.2) is 5.78 Å². The predicted octanol–water partition coefficient (Wildman–Crippen LogP) is 4.41. The minimum atomic E-state index is -0.319. The Morgan fingerprint density at radius 2 is 1.86 bits per heavy atom. The zero-order chi connectivity index (χ0) is 15.5. The molecule has 0 N–H and O–H groups in total. The van der Waals surface area contributed by atoms with E-state index in [0.717, 1.165) is 24.6 Å². The van der Waals surface area contributed by atoms with E-state index in [1.807, 2.05) is 30.3 Å². The van der Waals surface area contributed by atoms with Gasteiger partial charge in [-0.25, -0.2) is 0 Å². The second kappa shape index (κ2) is 6.74. The van der Waals surface area contributed by atoms with Crippen LogP contribution in [0.15, 0.2) is 30.3 Å². The summed E-state index contributed by atoms with van der Waals surface area (Å²) in [5.74, 6) is 0.984. The maximum Gasteiger partial charge on any atom is 0.169 e. The SMILES string of the molecule is CC(C)CCN(CC(C)(C)C(=O)c1ccccc1)C1CC1. The highest BCUT2D eigenvalue weighted by Gasteiger charge is 2.36. The average molecular weight is 287 g/mol. The van der Waals surface area contributed by atoms with Gasteiger partial charge in [0.1, 0.15) is 0 Å². The third-order valence-electron chi connectivity index (χ3n) is 4.31. The van der Waals surface area contributed by atoms with Gasteiger partial charge in [-0.05, 0) is 31.7 Å². The lowest BCUT2D eigenvalue weighted by atomic mass is 9.83. The second-order valence-corrected chi connectivity index (χ2v) is 7.46. The van der Waals surface area contributed by atoms with Crippen molar-refractivity contribution in [2.24, 2.45) is 11.3 Å². The van der Waals surface area contributed by atoms with Crippen LogP contribution in [0.5, 0.6) is 0 Å². The van der Waals surface area contributed by atoms with Crippen LogP contribution in [0.3, 0.4) is 0 Å². The molecule has 0 heterocycles. The Bertz CT molecular complexity index is 460. The van der Waals surface area contributed by atoms with Crippen LogP contribution in [-0.4, -0.2) is 29.8 Å². The fourth-order valence-electron chi connectivity index (χ4n) is 2.81. The number of rotatable bonds is 8. The van der Waals surface area contributed by atoms with Crippen LogP contribution in [0.4, 0.5) is 0 Å². The van der Waals surface area contributed by atoms with Crippen molar-refractivity contribution in [2.75, 3.05) is 13.1 Å². The lowest BCUT2D eigenvalue weighted by Gasteiger charge is -2.32. The van der Waals surface area contributed by atoms with E-state index < -0.39 is 0 Å². The molecule has 1 fully saturated rings. The van der Waals surface area contributed by atoms with E-state index in [1.54, 1.807) is 0 Å². The van der Waals surface area contributed by atoms with Crippen LogP contribution in [-0.2, 0) is 0 Å². The number of carbonyl (C=O) groups excluding carboxylic acids is 1. The number of carbonyl (C=O) groups is 1. The van der Waals surface area contributed by atoms with Crippen molar-refractivity contribution < 1.29 is 4.79 Å². The first-order chi connectivity index (χ1) is 9.90.